The number of alkyl halides is 3. The Hall–Kier alpha value is -4.59. The third-order valence-corrected chi connectivity index (χ3v) is 8.82. The van der Waals surface area contributed by atoms with Crippen molar-refractivity contribution in [2.75, 3.05) is 36.4 Å². The van der Waals surface area contributed by atoms with E-state index in [9.17, 15) is 27.6 Å². The highest BCUT2D eigenvalue weighted by atomic mass is 19.4. The van der Waals surface area contributed by atoms with Crippen LogP contribution in [0.5, 0.6) is 5.75 Å². The molecule has 2 aromatic heterocycles. The molecule has 2 atom stereocenters. The van der Waals surface area contributed by atoms with Crippen LogP contribution < -0.4 is 20.3 Å². The molecule has 4 aliphatic heterocycles. The molecule has 6 heterocycles. The van der Waals surface area contributed by atoms with E-state index in [1.807, 2.05) is 23.9 Å². The number of rotatable bonds is 4. The van der Waals surface area contributed by atoms with Crippen molar-refractivity contribution in [3.63, 3.8) is 0 Å². The zero-order chi connectivity index (χ0) is 31.5. The van der Waals surface area contributed by atoms with E-state index in [0.29, 0.717) is 17.0 Å². The number of pyridine rings is 1. The van der Waals surface area contributed by atoms with Gasteiger partial charge in [-0.3, -0.25) is 9.59 Å². The van der Waals surface area contributed by atoms with Crippen LogP contribution in [0, 0.1) is 0 Å². The number of anilines is 2. The lowest BCUT2D eigenvalue weighted by molar-refractivity contribution is -0.186. The zero-order valence-corrected chi connectivity index (χ0v) is 24.4. The standard InChI is InChI=1S/C31H31F3N6O5/c1-38-14-17(26-23(6-9-35-28(26)38)40-15-20-3-4-21(16-40)44-20)12-25-27(41)22-13-19(2-5-24(22)45-25)37-30(43)36-18-7-10-39(11-8-18)29(42)31(32,33)34/h2,5-6,9,12-14,18,20-21H,3-4,7-8,10-11,15-16H2,1H3,(H2,36,37,43). The highest BCUT2D eigenvalue weighted by molar-refractivity contribution is 6.16. The quantitative estimate of drug-likeness (QED) is 0.418. The molecule has 7 rings (SSSR count). The molecule has 0 radical (unpaired) electrons. The van der Waals surface area contributed by atoms with Crippen LogP contribution in [0.1, 0.15) is 41.6 Å². The molecule has 4 aliphatic rings. The van der Waals surface area contributed by atoms with Crippen molar-refractivity contribution in [3.05, 3.63) is 53.5 Å². The van der Waals surface area contributed by atoms with Gasteiger partial charge in [-0.2, -0.15) is 13.2 Å². The number of aromatic nitrogens is 2. The minimum atomic E-state index is -4.92. The number of aryl methyl sites for hydroxylation is 1. The summed E-state index contributed by atoms with van der Waals surface area (Å²) in [4.78, 5) is 45.2. The Labute approximate surface area is 255 Å². The molecule has 0 spiro atoms. The molecule has 45 heavy (non-hydrogen) atoms. The fourth-order valence-corrected chi connectivity index (χ4v) is 6.67. The number of allylic oxidation sites excluding steroid dienone is 1. The number of amides is 3. The lowest BCUT2D eigenvalue weighted by Gasteiger charge is -2.34. The van der Waals surface area contributed by atoms with Gasteiger partial charge in [-0.05, 0) is 56.0 Å². The van der Waals surface area contributed by atoms with E-state index in [4.69, 9.17) is 9.47 Å². The van der Waals surface area contributed by atoms with Gasteiger partial charge in [0.2, 0.25) is 5.78 Å². The molecular weight excluding hydrogens is 593 g/mol. The number of hydrogen-bond donors (Lipinski definition) is 2. The summed E-state index contributed by atoms with van der Waals surface area (Å²) in [5, 5.41) is 6.34. The van der Waals surface area contributed by atoms with Crippen LogP contribution in [0.25, 0.3) is 17.1 Å². The number of morpholine rings is 1. The Kier molecular flexibility index (Phi) is 7.18. The van der Waals surface area contributed by atoms with Crippen LogP contribution in [0.3, 0.4) is 0 Å². The van der Waals surface area contributed by atoms with Crippen molar-refractivity contribution < 1.29 is 37.0 Å². The van der Waals surface area contributed by atoms with E-state index >= 15 is 0 Å². The second kappa shape index (κ2) is 11.1. The molecule has 11 nitrogen and oxygen atoms in total. The number of halogens is 3. The second-order valence-electron chi connectivity index (χ2n) is 11.9. The first-order valence-corrected chi connectivity index (χ1v) is 14.9. The van der Waals surface area contributed by atoms with Gasteiger partial charge >= 0.3 is 18.1 Å². The van der Waals surface area contributed by atoms with E-state index in [1.54, 1.807) is 24.4 Å². The highest BCUT2D eigenvalue weighted by Crippen LogP contribution is 2.38. The zero-order valence-electron chi connectivity index (χ0n) is 24.4. The number of nitrogens with zero attached hydrogens (tertiary/aromatic N) is 4. The van der Waals surface area contributed by atoms with Crippen LogP contribution in [0.4, 0.5) is 29.3 Å². The van der Waals surface area contributed by atoms with Gasteiger partial charge < -0.3 is 34.5 Å². The minimum Gasteiger partial charge on any atom is -0.452 e. The first-order valence-electron chi connectivity index (χ1n) is 14.9. The molecule has 0 aliphatic carbocycles. The maximum absolute atomic E-state index is 13.5. The number of benzene rings is 1. The summed E-state index contributed by atoms with van der Waals surface area (Å²) in [5.41, 5.74) is 3.27. The second-order valence-corrected chi connectivity index (χ2v) is 11.9. The molecule has 2 unspecified atom stereocenters. The molecule has 14 heteroatoms. The van der Waals surface area contributed by atoms with Gasteiger partial charge in [-0.1, -0.05) is 0 Å². The Morgan fingerprint density at radius 2 is 1.80 bits per heavy atom. The topological polar surface area (TPSA) is 118 Å². The number of piperidine rings is 1. The molecule has 236 valence electrons. The average molecular weight is 625 g/mol. The number of ether oxygens (including phenoxy) is 2. The monoisotopic (exact) mass is 624 g/mol. The van der Waals surface area contributed by atoms with Crippen molar-refractivity contribution in [1.82, 2.24) is 19.8 Å². The fourth-order valence-electron chi connectivity index (χ4n) is 6.67. The summed E-state index contributed by atoms with van der Waals surface area (Å²) in [5.74, 6) is -1.69. The van der Waals surface area contributed by atoms with Crippen LogP contribution in [0.15, 0.2) is 42.4 Å². The first kappa shape index (κ1) is 29.1. The predicted molar refractivity (Wildman–Crippen MR) is 158 cm³/mol. The SMILES string of the molecule is Cn1cc(C=C2Oc3ccc(NC(=O)NC4CCN(C(=O)C(F)(F)F)CC4)cc3C2=O)c2c(N3CC4CCC(C3)O4)ccnc21. The van der Waals surface area contributed by atoms with Gasteiger partial charge in [-0.15, -0.1) is 0 Å². The van der Waals surface area contributed by atoms with Crippen molar-refractivity contribution in [2.45, 2.75) is 50.1 Å². The van der Waals surface area contributed by atoms with Crippen molar-refractivity contribution >= 4 is 46.2 Å². The average Bonchev–Trinajstić information content (AvgIpc) is 3.63. The molecule has 2 N–H and O–H groups in total. The molecule has 3 fully saturated rings. The van der Waals surface area contributed by atoms with Crippen LogP contribution in [-0.4, -0.2) is 82.8 Å². The number of ketones is 1. The fraction of sp³-hybridized carbons (Fsp3) is 0.419. The van der Waals surface area contributed by atoms with E-state index in [0.717, 1.165) is 53.1 Å². The molecule has 3 amide bonds. The highest BCUT2D eigenvalue weighted by Gasteiger charge is 2.43. The largest absolute Gasteiger partial charge is 0.471 e. The number of Topliss-reactive ketones (excluding diaryl/α,β-unsaturated/α-hetero) is 1. The summed E-state index contributed by atoms with van der Waals surface area (Å²) in [6.45, 7) is 1.37. The number of carbonyl (C=O) groups is 3. The number of nitrogens with one attached hydrogen (secondary N) is 2. The molecule has 3 saturated heterocycles. The van der Waals surface area contributed by atoms with E-state index in [-0.39, 0.29) is 49.7 Å². The van der Waals surface area contributed by atoms with E-state index in [1.165, 1.54) is 6.07 Å². The summed E-state index contributed by atoms with van der Waals surface area (Å²) < 4.78 is 52.0. The minimum absolute atomic E-state index is 0.106. The molecule has 3 aromatic rings. The van der Waals surface area contributed by atoms with Crippen LogP contribution in [-0.2, 0) is 16.6 Å². The molecule has 0 saturated carbocycles. The third kappa shape index (κ3) is 5.58. The molecule has 2 bridgehead atoms. The molecular formula is C31H31F3N6O5. The number of fused-ring (bicyclic) bond motifs is 4. The van der Waals surface area contributed by atoms with Gasteiger partial charge in [0.05, 0.1) is 23.5 Å². The Bertz CT molecular complexity index is 1720. The van der Waals surface area contributed by atoms with Gasteiger partial charge in [0.25, 0.3) is 0 Å². The summed E-state index contributed by atoms with van der Waals surface area (Å²) in [6, 6.07) is 5.77. The van der Waals surface area contributed by atoms with Gasteiger partial charge in [0.15, 0.2) is 5.76 Å². The van der Waals surface area contributed by atoms with Gasteiger partial charge in [0.1, 0.15) is 11.4 Å². The maximum Gasteiger partial charge on any atom is 0.471 e. The van der Waals surface area contributed by atoms with E-state index in [2.05, 4.69) is 20.5 Å². The van der Waals surface area contributed by atoms with Crippen molar-refractivity contribution in [1.29, 1.82) is 0 Å². The lowest BCUT2D eigenvalue weighted by Crippen LogP contribution is -2.50. The number of hydrogen-bond acceptors (Lipinski definition) is 7. The number of likely N-dealkylation sites (tertiary alicyclic amines) is 1. The van der Waals surface area contributed by atoms with Crippen LogP contribution in [0.2, 0.25) is 0 Å². The Balaban J connectivity index is 1.04. The lowest BCUT2D eigenvalue weighted by atomic mass is 10.1. The number of carbonyl (C=O) groups excluding carboxylic acids is 3. The third-order valence-electron chi connectivity index (χ3n) is 8.82. The van der Waals surface area contributed by atoms with Gasteiger partial charge in [0, 0.05) is 68.3 Å². The number of urea groups is 1. The smallest absolute Gasteiger partial charge is 0.452 e. The van der Waals surface area contributed by atoms with Gasteiger partial charge in [-0.25, -0.2) is 9.78 Å². The van der Waals surface area contributed by atoms with Crippen LogP contribution >= 0.6 is 0 Å². The molecule has 1 aromatic carbocycles. The summed E-state index contributed by atoms with van der Waals surface area (Å²) in [6.07, 6.45) is 3.42. The van der Waals surface area contributed by atoms with E-state index < -0.39 is 24.2 Å². The Morgan fingerprint density at radius 3 is 2.51 bits per heavy atom. The Morgan fingerprint density at radius 1 is 1.07 bits per heavy atom. The predicted octanol–water partition coefficient (Wildman–Crippen LogP) is 4.23. The van der Waals surface area contributed by atoms with Crippen molar-refractivity contribution in [3.8, 4) is 5.75 Å². The summed E-state index contributed by atoms with van der Waals surface area (Å²) >= 11 is 0. The maximum atomic E-state index is 13.5. The summed E-state index contributed by atoms with van der Waals surface area (Å²) in [7, 11) is 1.91. The normalized spacial score (nSPS) is 22.6. The first-order chi connectivity index (χ1) is 21.5. The van der Waals surface area contributed by atoms with Crippen molar-refractivity contribution in [2.24, 2.45) is 7.05 Å².